The fraction of sp³-hybridized carbons (Fsp3) is 0.500. The van der Waals surface area contributed by atoms with E-state index < -0.39 is 0 Å². The summed E-state index contributed by atoms with van der Waals surface area (Å²) >= 11 is 1.78. The fourth-order valence-electron chi connectivity index (χ4n) is 1.51. The van der Waals surface area contributed by atoms with Crippen LogP contribution in [0, 0.1) is 5.41 Å². The van der Waals surface area contributed by atoms with Crippen LogP contribution in [-0.2, 0) is 0 Å². The van der Waals surface area contributed by atoms with Crippen molar-refractivity contribution in [3.8, 4) is 0 Å². The summed E-state index contributed by atoms with van der Waals surface area (Å²) in [6.07, 6.45) is 3.95. The van der Waals surface area contributed by atoms with Crippen LogP contribution >= 0.6 is 11.8 Å². The summed E-state index contributed by atoms with van der Waals surface area (Å²) in [7, 11) is 0. The molecule has 0 spiro atoms. The topological polar surface area (TPSA) is 24.4 Å². The maximum atomic E-state index is 4.35. The van der Waals surface area contributed by atoms with Crippen LogP contribution in [0.2, 0.25) is 0 Å². The molecule has 0 fully saturated rings. The van der Waals surface area contributed by atoms with Crippen LogP contribution < -0.4 is 5.32 Å². The highest BCUT2D eigenvalue weighted by Gasteiger charge is 2.28. The molecule has 2 heterocycles. The lowest BCUT2D eigenvalue weighted by Gasteiger charge is -2.28. The summed E-state index contributed by atoms with van der Waals surface area (Å²) in [5.74, 6) is 0. The quantitative estimate of drug-likeness (QED) is 0.640. The number of fused-ring (bicyclic) bond motifs is 1. The highest BCUT2D eigenvalue weighted by Crippen LogP contribution is 2.39. The van der Waals surface area contributed by atoms with E-state index >= 15 is 0 Å². The minimum Gasteiger partial charge on any atom is -0.349 e. The number of rotatable bonds is 0. The zero-order chi connectivity index (χ0) is 9.47. The molecule has 0 aromatic heterocycles. The van der Waals surface area contributed by atoms with Crippen LogP contribution in [0.4, 0.5) is 0 Å². The Hall–Kier alpha value is -0.700. The predicted molar refractivity (Wildman–Crippen MR) is 58.6 cm³/mol. The summed E-state index contributed by atoms with van der Waals surface area (Å²) < 4.78 is 0. The molecule has 1 unspecified atom stereocenters. The molecule has 0 bridgehead atoms. The first-order valence-electron chi connectivity index (χ1n) is 4.45. The van der Waals surface area contributed by atoms with Crippen molar-refractivity contribution < 1.29 is 0 Å². The van der Waals surface area contributed by atoms with Gasteiger partial charge in [0.2, 0.25) is 0 Å². The molecule has 0 amide bonds. The molecule has 2 nitrogen and oxygen atoms in total. The van der Waals surface area contributed by atoms with E-state index in [1.54, 1.807) is 11.8 Å². The molecule has 3 heteroatoms. The molecule has 0 aliphatic carbocycles. The molecule has 2 aliphatic rings. The number of nitrogens with one attached hydrogen (secondary N) is 1. The maximum Gasteiger partial charge on any atom is 0.103 e. The lowest BCUT2D eigenvalue weighted by molar-refractivity contribution is 0.477. The van der Waals surface area contributed by atoms with Gasteiger partial charge in [0.15, 0.2) is 0 Å². The largest absolute Gasteiger partial charge is 0.349 e. The van der Waals surface area contributed by atoms with E-state index in [4.69, 9.17) is 0 Å². The monoisotopic (exact) mass is 194 g/mol. The van der Waals surface area contributed by atoms with Crippen molar-refractivity contribution in [2.45, 2.75) is 26.8 Å². The Morgan fingerprint density at radius 3 is 2.92 bits per heavy atom. The van der Waals surface area contributed by atoms with Crippen LogP contribution in [-0.4, -0.2) is 12.4 Å². The highest BCUT2D eigenvalue weighted by molar-refractivity contribution is 8.06. The second-order valence-corrected chi connectivity index (χ2v) is 5.25. The summed E-state index contributed by atoms with van der Waals surface area (Å²) in [5, 5.41) is 5.38. The molecule has 70 valence electrons. The third-order valence-corrected chi connectivity index (χ3v) is 3.16. The first kappa shape index (κ1) is 8.88. The van der Waals surface area contributed by atoms with Gasteiger partial charge in [-0.3, -0.25) is 4.99 Å². The maximum absolute atomic E-state index is 4.35. The van der Waals surface area contributed by atoms with Crippen molar-refractivity contribution in [2.24, 2.45) is 10.4 Å². The van der Waals surface area contributed by atoms with Crippen molar-refractivity contribution in [1.29, 1.82) is 0 Å². The van der Waals surface area contributed by atoms with Gasteiger partial charge < -0.3 is 5.32 Å². The van der Waals surface area contributed by atoms with Gasteiger partial charge in [-0.15, -0.1) is 0 Å². The van der Waals surface area contributed by atoms with Crippen LogP contribution in [0.3, 0.4) is 0 Å². The Labute approximate surface area is 83.2 Å². The predicted octanol–water partition coefficient (Wildman–Crippen LogP) is 2.50. The fourth-order valence-corrected chi connectivity index (χ4v) is 2.64. The van der Waals surface area contributed by atoms with E-state index in [2.05, 4.69) is 42.6 Å². The molecule has 0 saturated carbocycles. The first-order chi connectivity index (χ1) is 6.09. The number of nitrogens with zero attached hydrogens (tertiary/aromatic N) is 1. The van der Waals surface area contributed by atoms with E-state index in [0.29, 0.717) is 0 Å². The number of allylic oxidation sites excluding steroid dienone is 1. The van der Waals surface area contributed by atoms with Gasteiger partial charge in [-0.2, -0.15) is 0 Å². The number of thioether (sulfide) groups is 1. The molecule has 2 rings (SSSR count). The SMILES string of the molecule is CC(C)(C)C1=C2SC=CC2N=CN1. The Bertz CT molecular complexity index is 307. The normalized spacial score (nSPS) is 26.2. The molecule has 13 heavy (non-hydrogen) atoms. The summed E-state index contributed by atoms with van der Waals surface area (Å²) in [6, 6.07) is 0.278. The van der Waals surface area contributed by atoms with Crippen LogP contribution in [0.25, 0.3) is 0 Å². The standard InChI is InChI=1S/C10H14N2S/c1-10(2,3)9-8-7(4-5-13-8)11-6-12-9/h4-7H,1-3H3,(H,11,12). The van der Waals surface area contributed by atoms with Crippen molar-refractivity contribution in [2.75, 3.05) is 0 Å². The van der Waals surface area contributed by atoms with Crippen molar-refractivity contribution >= 4 is 18.1 Å². The third-order valence-electron chi connectivity index (χ3n) is 2.16. The molecule has 2 aliphatic heterocycles. The van der Waals surface area contributed by atoms with E-state index in [0.717, 1.165) is 0 Å². The number of hydrogen-bond acceptors (Lipinski definition) is 3. The van der Waals surface area contributed by atoms with E-state index in [1.807, 2.05) is 6.34 Å². The molecular formula is C10H14N2S. The highest BCUT2D eigenvalue weighted by atomic mass is 32.2. The second kappa shape index (κ2) is 2.91. The average Bonchev–Trinajstić information content (AvgIpc) is 2.48. The van der Waals surface area contributed by atoms with Gasteiger partial charge in [-0.25, -0.2) is 0 Å². The van der Waals surface area contributed by atoms with Crippen LogP contribution in [0.1, 0.15) is 20.8 Å². The first-order valence-corrected chi connectivity index (χ1v) is 5.33. The van der Waals surface area contributed by atoms with Gasteiger partial charge in [0.25, 0.3) is 0 Å². The van der Waals surface area contributed by atoms with E-state index in [9.17, 15) is 0 Å². The van der Waals surface area contributed by atoms with Gasteiger partial charge in [0, 0.05) is 16.0 Å². The average molecular weight is 194 g/mol. The number of hydrogen-bond donors (Lipinski definition) is 1. The minimum absolute atomic E-state index is 0.180. The van der Waals surface area contributed by atoms with Crippen LogP contribution in [0.5, 0.6) is 0 Å². The zero-order valence-corrected chi connectivity index (χ0v) is 8.98. The van der Waals surface area contributed by atoms with Gasteiger partial charge in [-0.05, 0) is 11.5 Å². The summed E-state index contributed by atoms with van der Waals surface area (Å²) in [5.41, 5.74) is 1.49. The molecule has 1 atom stereocenters. The molecular weight excluding hydrogens is 180 g/mol. The van der Waals surface area contributed by atoms with Gasteiger partial charge in [0.1, 0.15) is 6.04 Å². The van der Waals surface area contributed by atoms with E-state index in [1.165, 1.54) is 10.6 Å². The van der Waals surface area contributed by atoms with Crippen molar-refractivity contribution in [3.63, 3.8) is 0 Å². The lowest BCUT2D eigenvalue weighted by atomic mass is 9.90. The van der Waals surface area contributed by atoms with Gasteiger partial charge in [0.05, 0.1) is 6.34 Å². The Morgan fingerprint density at radius 1 is 1.46 bits per heavy atom. The molecule has 1 N–H and O–H groups in total. The molecule has 0 aromatic rings. The minimum atomic E-state index is 0.180. The van der Waals surface area contributed by atoms with Crippen molar-refractivity contribution in [1.82, 2.24) is 5.32 Å². The molecule has 0 radical (unpaired) electrons. The number of aliphatic imine (C=N–C) groups is 1. The van der Waals surface area contributed by atoms with Crippen molar-refractivity contribution in [3.05, 3.63) is 22.1 Å². The summed E-state index contributed by atoms with van der Waals surface area (Å²) in [6.45, 7) is 6.66. The van der Waals surface area contributed by atoms with Gasteiger partial charge in [-0.1, -0.05) is 32.5 Å². The van der Waals surface area contributed by atoms with E-state index in [-0.39, 0.29) is 11.5 Å². The van der Waals surface area contributed by atoms with Gasteiger partial charge >= 0.3 is 0 Å². The third kappa shape index (κ3) is 1.53. The Balaban J connectivity index is 2.38. The Kier molecular flexibility index (Phi) is 1.99. The summed E-state index contributed by atoms with van der Waals surface area (Å²) in [4.78, 5) is 5.71. The molecule has 0 aromatic carbocycles. The smallest absolute Gasteiger partial charge is 0.103 e. The second-order valence-electron chi connectivity index (χ2n) is 4.30. The molecule has 0 saturated heterocycles. The Morgan fingerprint density at radius 2 is 2.23 bits per heavy atom. The zero-order valence-electron chi connectivity index (χ0n) is 8.16. The lowest BCUT2D eigenvalue weighted by Crippen LogP contribution is -2.30. The van der Waals surface area contributed by atoms with Crippen LogP contribution in [0.15, 0.2) is 27.1 Å².